The average Bonchev–Trinajstić information content (AvgIpc) is 2.58. The third-order valence-corrected chi connectivity index (χ3v) is 5.24. The van der Waals surface area contributed by atoms with E-state index < -0.39 is 6.10 Å². The van der Waals surface area contributed by atoms with Crippen LogP contribution in [0.3, 0.4) is 0 Å². The molecule has 17 heavy (non-hydrogen) atoms. The molecule has 5 heteroatoms. The highest BCUT2D eigenvalue weighted by molar-refractivity contribution is 9.11. The number of benzene rings is 1. The summed E-state index contributed by atoms with van der Waals surface area (Å²) in [5, 5.41) is 11.4. The maximum Gasteiger partial charge on any atom is 0.115 e. The predicted octanol–water partition coefficient (Wildman–Crippen LogP) is 5.21. The van der Waals surface area contributed by atoms with Gasteiger partial charge >= 0.3 is 0 Å². The Morgan fingerprint density at radius 2 is 1.94 bits per heavy atom. The lowest BCUT2D eigenvalue weighted by molar-refractivity contribution is 0.224. The minimum atomic E-state index is -0.739. The third-order valence-electron chi connectivity index (χ3n) is 2.38. The first kappa shape index (κ1) is 13.4. The van der Waals surface area contributed by atoms with Crippen LogP contribution in [-0.2, 0) is 0 Å². The smallest absolute Gasteiger partial charge is 0.115 e. The fourth-order valence-corrected chi connectivity index (χ4v) is 3.60. The zero-order valence-electron chi connectivity index (χ0n) is 8.88. The Morgan fingerprint density at radius 3 is 2.47 bits per heavy atom. The SMILES string of the molecule is Cc1ccc(C(O)c2cc(Cl)c(Br)s2)c(Cl)c1. The number of hydrogen-bond acceptors (Lipinski definition) is 2. The lowest BCUT2D eigenvalue weighted by Gasteiger charge is -2.11. The van der Waals surface area contributed by atoms with Gasteiger partial charge in [-0.25, -0.2) is 0 Å². The Labute approximate surface area is 122 Å². The van der Waals surface area contributed by atoms with Gasteiger partial charge in [0.05, 0.1) is 8.81 Å². The van der Waals surface area contributed by atoms with Crippen molar-refractivity contribution in [2.75, 3.05) is 0 Å². The van der Waals surface area contributed by atoms with E-state index in [-0.39, 0.29) is 0 Å². The Bertz CT molecular complexity index is 534. The number of hydrogen-bond donors (Lipinski definition) is 1. The molecule has 1 N–H and O–H groups in total. The second-order valence-electron chi connectivity index (χ2n) is 3.70. The van der Waals surface area contributed by atoms with Crippen molar-refractivity contribution in [1.29, 1.82) is 0 Å². The van der Waals surface area contributed by atoms with Gasteiger partial charge in [0, 0.05) is 15.5 Å². The molecule has 0 amide bonds. The Balaban J connectivity index is 2.39. The van der Waals surface area contributed by atoms with Crippen molar-refractivity contribution in [3.63, 3.8) is 0 Å². The molecule has 2 rings (SSSR count). The van der Waals surface area contributed by atoms with Gasteiger partial charge < -0.3 is 5.11 Å². The van der Waals surface area contributed by atoms with Crippen molar-refractivity contribution < 1.29 is 5.11 Å². The highest BCUT2D eigenvalue weighted by Gasteiger charge is 2.17. The summed E-state index contributed by atoms with van der Waals surface area (Å²) in [7, 11) is 0. The van der Waals surface area contributed by atoms with Crippen LogP contribution in [0, 0.1) is 6.92 Å². The highest BCUT2D eigenvalue weighted by Crippen LogP contribution is 2.38. The molecule has 1 aromatic heterocycles. The molecule has 0 aliphatic heterocycles. The Hall–Kier alpha value is -0.0600. The van der Waals surface area contributed by atoms with E-state index in [1.807, 2.05) is 25.1 Å². The third kappa shape index (κ3) is 2.85. The molecule has 1 aromatic carbocycles. The first-order valence-corrected chi connectivity index (χ1v) is 7.24. The van der Waals surface area contributed by atoms with Crippen molar-refractivity contribution in [2.24, 2.45) is 0 Å². The fourth-order valence-electron chi connectivity index (χ4n) is 1.51. The van der Waals surface area contributed by atoms with Gasteiger partial charge in [0.15, 0.2) is 0 Å². The molecule has 1 nitrogen and oxygen atoms in total. The predicted molar refractivity (Wildman–Crippen MR) is 77.3 cm³/mol. The van der Waals surface area contributed by atoms with Crippen LogP contribution < -0.4 is 0 Å². The number of halogens is 3. The zero-order chi connectivity index (χ0) is 12.6. The molecule has 1 unspecified atom stereocenters. The van der Waals surface area contributed by atoms with Gasteiger partial charge in [-0.15, -0.1) is 11.3 Å². The van der Waals surface area contributed by atoms with Crippen molar-refractivity contribution in [1.82, 2.24) is 0 Å². The lowest BCUT2D eigenvalue weighted by atomic mass is 10.1. The first-order valence-electron chi connectivity index (χ1n) is 4.88. The van der Waals surface area contributed by atoms with Crippen LogP contribution in [0.1, 0.15) is 22.1 Å². The highest BCUT2D eigenvalue weighted by atomic mass is 79.9. The molecule has 0 aliphatic carbocycles. The quantitative estimate of drug-likeness (QED) is 0.787. The van der Waals surface area contributed by atoms with Crippen LogP contribution in [0.25, 0.3) is 0 Å². The maximum absolute atomic E-state index is 10.2. The Kier molecular flexibility index (Phi) is 4.16. The fraction of sp³-hybridized carbons (Fsp3) is 0.167. The Morgan fingerprint density at radius 1 is 1.24 bits per heavy atom. The van der Waals surface area contributed by atoms with Crippen molar-refractivity contribution >= 4 is 50.5 Å². The number of aryl methyl sites for hydroxylation is 1. The minimum absolute atomic E-state index is 0.568. The van der Waals surface area contributed by atoms with E-state index in [4.69, 9.17) is 23.2 Å². The molecule has 0 spiro atoms. The summed E-state index contributed by atoms with van der Waals surface area (Å²) in [6.07, 6.45) is -0.739. The van der Waals surface area contributed by atoms with Crippen LogP contribution in [-0.4, -0.2) is 5.11 Å². The summed E-state index contributed by atoms with van der Waals surface area (Å²) >= 11 is 16.8. The van der Waals surface area contributed by atoms with Gasteiger partial charge in [0.1, 0.15) is 6.10 Å². The monoisotopic (exact) mass is 350 g/mol. The second-order valence-corrected chi connectivity index (χ2v) is 6.91. The van der Waals surface area contributed by atoms with E-state index in [2.05, 4.69) is 15.9 Å². The summed E-state index contributed by atoms with van der Waals surface area (Å²) in [6.45, 7) is 1.96. The molecular weight excluding hydrogens is 343 g/mol. The second kappa shape index (κ2) is 5.29. The van der Waals surface area contributed by atoms with Crippen molar-refractivity contribution in [2.45, 2.75) is 13.0 Å². The summed E-state index contributed by atoms with van der Waals surface area (Å²) in [5.74, 6) is 0. The van der Waals surface area contributed by atoms with Gasteiger partial charge in [-0.05, 0) is 40.5 Å². The van der Waals surface area contributed by atoms with Gasteiger partial charge in [-0.1, -0.05) is 35.3 Å². The van der Waals surface area contributed by atoms with E-state index >= 15 is 0 Å². The molecule has 90 valence electrons. The van der Waals surface area contributed by atoms with E-state index in [0.717, 1.165) is 14.2 Å². The summed E-state index contributed by atoms with van der Waals surface area (Å²) in [5.41, 5.74) is 1.76. The van der Waals surface area contributed by atoms with E-state index in [9.17, 15) is 5.11 Å². The number of thiophene rings is 1. The molecule has 1 heterocycles. The largest absolute Gasteiger partial charge is 0.383 e. The minimum Gasteiger partial charge on any atom is -0.383 e. The molecule has 0 saturated heterocycles. The summed E-state index contributed by atoms with van der Waals surface area (Å²) in [6, 6.07) is 7.35. The van der Waals surface area contributed by atoms with E-state index in [1.165, 1.54) is 11.3 Å². The molecule has 0 saturated carbocycles. The summed E-state index contributed by atoms with van der Waals surface area (Å²) in [4.78, 5) is 0.771. The molecule has 0 bridgehead atoms. The normalized spacial score (nSPS) is 12.8. The van der Waals surface area contributed by atoms with Crippen molar-refractivity contribution in [3.8, 4) is 0 Å². The van der Waals surface area contributed by atoms with Crippen molar-refractivity contribution in [3.05, 3.63) is 54.1 Å². The molecule has 0 fully saturated rings. The molecule has 1 atom stereocenters. The number of aliphatic hydroxyl groups is 1. The van der Waals surface area contributed by atoms with Gasteiger partial charge in [0.2, 0.25) is 0 Å². The van der Waals surface area contributed by atoms with Gasteiger partial charge in [0.25, 0.3) is 0 Å². The topological polar surface area (TPSA) is 20.2 Å². The van der Waals surface area contributed by atoms with Crippen LogP contribution >= 0.6 is 50.5 Å². The van der Waals surface area contributed by atoms with Crippen LogP contribution in [0.2, 0.25) is 10.0 Å². The zero-order valence-corrected chi connectivity index (χ0v) is 12.8. The molecular formula is C12H9BrCl2OS. The molecule has 2 aromatic rings. The lowest BCUT2D eigenvalue weighted by Crippen LogP contribution is -1.98. The standard InChI is InChI=1S/C12H9BrCl2OS/c1-6-2-3-7(8(14)4-6)11(16)10-5-9(15)12(13)17-10/h2-5,11,16H,1H3. The van der Waals surface area contributed by atoms with Gasteiger partial charge in [-0.3, -0.25) is 0 Å². The van der Waals surface area contributed by atoms with Gasteiger partial charge in [-0.2, -0.15) is 0 Å². The number of rotatable bonds is 2. The summed E-state index contributed by atoms with van der Waals surface area (Å²) < 4.78 is 0.816. The van der Waals surface area contributed by atoms with E-state index in [0.29, 0.717) is 15.6 Å². The average molecular weight is 352 g/mol. The van der Waals surface area contributed by atoms with Crippen LogP contribution in [0.4, 0.5) is 0 Å². The molecule has 0 aliphatic rings. The first-order chi connectivity index (χ1) is 7.99. The maximum atomic E-state index is 10.2. The van der Waals surface area contributed by atoms with Crippen LogP contribution in [0.15, 0.2) is 28.1 Å². The van der Waals surface area contributed by atoms with E-state index in [1.54, 1.807) is 6.07 Å². The number of aliphatic hydroxyl groups excluding tert-OH is 1. The molecule has 0 radical (unpaired) electrons. The van der Waals surface area contributed by atoms with Crippen LogP contribution in [0.5, 0.6) is 0 Å².